The highest BCUT2D eigenvalue weighted by molar-refractivity contribution is 6.15. The maximum absolute atomic E-state index is 13.8. The standard InChI is InChI=1S/C20H11F4NO2/c21-14-10-13(16(22)18(24)17(14)23)20(27)25-15-9-5-4-8-12(15)19(26)11-6-2-1-3-7-11/h1-10H,(H,25,27). The molecule has 0 aliphatic rings. The summed E-state index contributed by atoms with van der Waals surface area (Å²) in [5.41, 5.74) is -0.556. The van der Waals surface area contributed by atoms with Crippen molar-refractivity contribution in [2.45, 2.75) is 0 Å². The van der Waals surface area contributed by atoms with Gasteiger partial charge in [-0.05, 0) is 18.2 Å². The predicted molar refractivity (Wildman–Crippen MR) is 90.5 cm³/mol. The molecule has 3 nitrogen and oxygen atoms in total. The summed E-state index contributed by atoms with van der Waals surface area (Å²) in [7, 11) is 0. The monoisotopic (exact) mass is 373 g/mol. The zero-order valence-corrected chi connectivity index (χ0v) is 13.6. The Hall–Kier alpha value is -3.48. The highest BCUT2D eigenvalue weighted by Gasteiger charge is 2.24. The fourth-order valence-electron chi connectivity index (χ4n) is 2.46. The van der Waals surface area contributed by atoms with Crippen LogP contribution in [-0.2, 0) is 0 Å². The second-order valence-corrected chi connectivity index (χ2v) is 5.54. The number of para-hydroxylation sites is 1. The molecule has 0 bridgehead atoms. The van der Waals surface area contributed by atoms with Gasteiger partial charge in [0.25, 0.3) is 5.91 Å². The average molecular weight is 373 g/mol. The molecule has 0 aliphatic heterocycles. The number of benzene rings is 3. The first-order valence-electron chi connectivity index (χ1n) is 7.73. The van der Waals surface area contributed by atoms with Crippen molar-refractivity contribution in [3.05, 3.63) is 101 Å². The fraction of sp³-hybridized carbons (Fsp3) is 0. The first kappa shape index (κ1) is 18.3. The van der Waals surface area contributed by atoms with Crippen LogP contribution in [0.25, 0.3) is 0 Å². The van der Waals surface area contributed by atoms with Gasteiger partial charge in [0.15, 0.2) is 29.1 Å². The van der Waals surface area contributed by atoms with Gasteiger partial charge in [-0.1, -0.05) is 42.5 Å². The number of ketones is 1. The Morgan fingerprint density at radius 2 is 1.33 bits per heavy atom. The average Bonchev–Trinajstić information content (AvgIpc) is 2.69. The molecule has 0 unspecified atom stereocenters. The minimum Gasteiger partial charge on any atom is -0.321 e. The first-order chi connectivity index (χ1) is 12.9. The number of halogens is 4. The number of rotatable bonds is 4. The van der Waals surface area contributed by atoms with Gasteiger partial charge in [0.1, 0.15) is 0 Å². The van der Waals surface area contributed by atoms with E-state index in [-0.39, 0.29) is 17.3 Å². The molecule has 3 aromatic rings. The fourth-order valence-corrected chi connectivity index (χ4v) is 2.46. The second kappa shape index (κ2) is 7.41. The van der Waals surface area contributed by atoms with E-state index >= 15 is 0 Å². The normalized spacial score (nSPS) is 10.5. The zero-order chi connectivity index (χ0) is 19.6. The predicted octanol–water partition coefficient (Wildman–Crippen LogP) is 4.73. The molecule has 0 atom stereocenters. The molecular formula is C20H11F4NO2. The maximum Gasteiger partial charge on any atom is 0.258 e. The van der Waals surface area contributed by atoms with E-state index in [4.69, 9.17) is 0 Å². The van der Waals surface area contributed by atoms with Gasteiger partial charge in [-0.2, -0.15) is 0 Å². The molecule has 3 aromatic carbocycles. The van der Waals surface area contributed by atoms with Crippen molar-refractivity contribution in [2.24, 2.45) is 0 Å². The van der Waals surface area contributed by atoms with E-state index in [2.05, 4.69) is 5.32 Å². The van der Waals surface area contributed by atoms with Gasteiger partial charge >= 0.3 is 0 Å². The van der Waals surface area contributed by atoms with Crippen molar-refractivity contribution in [2.75, 3.05) is 5.32 Å². The molecule has 27 heavy (non-hydrogen) atoms. The third kappa shape index (κ3) is 3.57. The summed E-state index contributed by atoms with van der Waals surface area (Å²) in [6, 6.07) is 14.3. The van der Waals surface area contributed by atoms with E-state index in [0.29, 0.717) is 5.56 Å². The summed E-state index contributed by atoms with van der Waals surface area (Å²) in [4.78, 5) is 24.9. The number of carbonyl (C=O) groups is 2. The Bertz CT molecular complexity index is 1040. The molecule has 0 spiro atoms. The summed E-state index contributed by atoms with van der Waals surface area (Å²) in [6.07, 6.45) is 0. The Morgan fingerprint density at radius 3 is 2.04 bits per heavy atom. The lowest BCUT2D eigenvalue weighted by molar-refractivity contribution is 0.102. The quantitative estimate of drug-likeness (QED) is 0.311. The summed E-state index contributed by atoms with van der Waals surface area (Å²) in [5.74, 6) is -9.26. The van der Waals surface area contributed by atoms with E-state index in [1.165, 1.54) is 18.2 Å². The van der Waals surface area contributed by atoms with Crippen molar-refractivity contribution in [3.8, 4) is 0 Å². The molecule has 136 valence electrons. The molecule has 0 saturated carbocycles. The van der Waals surface area contributed by atoms with Gasteiger partial charge in [0.2, 0.25) is 0 Å². The molecule has 1 amide bonds. The highest BCUT2D eigenvalue weighted by atomic mass is 19.2. The topological polar surface area (TPSA) is 46.2 Å². The molecule has 0 saturated heterocycles. The molecule has 0 fully saturated rings. The van der Waals surface area contributed by atoms with Crippen LogP contribution in [-0.4, -0.2) is 11.7 Å². The third-order valence-corrected chi connectivity index (χ3v) is 3.80. The number of anilines is 1. The molecule has 0 heterocycles. The van der Waals surface area contributed by atoms with E-state index in [0.717, 1.165) is 0 Å². The van der Waals surface area contributed by atoms with Crippen molar-refractivity contribution in [1.29, 1.82) is 0 Å². The molecule has 0 aliphatic carbocycles. The van der Waals surface area contributed by atoms with Crippen LogP contribution in [0, 0.1) is 23.3 Å². The van der Waals surface area contributed by atoms with Crippen LogP contribution in [0.5, 0.6) is 0 Å². The van der Waals surface area contributed by atoms with Gasteiger partial charge in [0.05, 0.1) is 11.3 Å². The van der Waals surface area contributed by atoms with Gasteiger partial charge in [-0.15, -0.1) is 0 Å². The van der Waals surface area contributed by atoms with Crippen LogP contribution in [0.4, 0.5) is 23.2 Å². The largest absolute Gasteiger partial charge is 0.321 e. The van der Waals surface area contributed by atoms with Crippen molar-refractivity contribution < 1.29 is 27.2 Å². The van der Waals surface area contributed by atoms with Crippen molar-refractivity contribution >= 4 is 17.4 Å². The maximum atomic E-state index is 13.8. The molecule has 7 heteroatoms. The summed E-state index contributed by atoms with van der Waals surface area (Å²) in [5, 5.41) is 2.24. The van der Waals surface area contributed by atoms with Gasteiger partial charge in [-0.3, -0.25) is 9.59 Å². The number of amides is 1. The number of hydrogen-bond donors (Lipinski definition) is 1. The van der Waals surface area contributed by atoms with Gasteiger partial charge in [0, 0.05) is 11.1 Å². The lowest BCUT2D eigenvalue weighted by Crippen LogP contribution is -2.18. The van der Waals surface area contributed by atoms with Crippen LogP contribution in [0.3, 0.4) is 0 Å². The highest BCUT2D eigenvalue weighted by Crippen LogP contribution is 2.23. The van der Waals surface area contributed by atoms with E-state index in [9.17, 15) is 27.2 Å². The van der Waals surface area contributed by atoms with Gasteiger partial charge < -0.3 is 5.32 Å². The van der Waals surface area contributed by atoms with Crippen LogP contribution in [0.1, 0.15) is 26.3 Å². The minimum absolute atomic E-state index is 0.0147. The molecule has 1 N–H and O–H groups in total. The van der Waals surface area contributed by atoms with E-state index < -0.39 is 40.5 Å². The van der Waals surface area contributed by atoms with E-state index in [1.54, 1.807) is 36.4 Å². The minimum atomic E-state index is -2.09. The SMILES string of the molecule is O=C(c1ccccc1)c1ccccc1NC(=O)c1cc(F)c(F)c(F)c1F. The lowest BCUT2D eigenvalue weighted by atomic mass is 10.0. The van der Waals surface area contributed by atoms with E-state index in [1.807, 2.05) is 0 Å². The molecule has 0 radical (unpaired) electrons. The van der Waals surface area contributed by atoms with Crippen LogP contribution in [0.2, 0.25) is 0 Å². The number of hydrogen-bond acceptors (Lipinski definition) is 2. The van der Waals surface area contributed by atoms with Crippen molar-refractivity contribution in [3.63, 3.8) is 0 Å². The number of nitrogens with one attached hydrogen (secondary N) is 1. The van der Waals surface area contributed by atoms with Crippen LogP contribution in [0.15, 0.2) is 60.7 Å². The molecule has 3 rings (SSSR count). The first-order valence-corrected chi connectivity index (χ1v) is 7.73. The van der Waals surface area contributed by atoms with Crippen molar-refractivity contribution in [1.82, 2.24) is 0 Å². The van der Waals surface area contributed by atoms with Gasteiger partial charge in [-0.25, -0.2) is 17.6 Å². The zero-order valence-electron chi connectivity index (χ0n) is 13.6. The molecular weight excluding hydrogens is 362 g/mol. The second-order valence-electron chi connectivity index (χ2n) is 5.54. The summed E-state index contributed by atoms with van der Waals surface area (Å²) < 4.78 is 53.6. The summed E-state index contributed by atoms with van der Waals surface area (Å²) in [6.45, 7) is 0. The summed E-state index contributed by atoms with van der Waals surface area (Å²) >= 11 is 0. The number of carbonyl (C=O) groups excluding carboxylic acids is 2. The Kier molecular flexibility index (Phi) is 5.03. The Morgan fingerprint density at radius 1 is 0.704 bits per heavy atom. The Balaban J connectivity index is 1.96. The Labute approximate surface area is 151 Å². The third-order valence-electron chi connectivity index (χ3n) is 3.80. The van der Waals surface area contributed by atoms with Crippen LogP contribution < -0.4 is 5.32 Å². The van der Waals surface area contributed by atoms with Crippen LogP contribution >= 0.6 is 0 Å². The lowest BCUT2D eigenvalue weighted by Gasteiger charge is -2.11. The smallest absolute Gasteiger partial charge is 0.258 e. The molecule has 0 aromatic heterocycles.